The highest BCUT2D eigenvalue weighted by Crippen LogP contribution is 2.27. The van der Waals surface area contributed by atoms with Crippen LogP contribution in [0.5, 0.6) is 11.5 Å². The van der Waals surface area contributed by atoms with Gasteiger partial charge in [0.05, 0.1) is 12.8 Å². The second kappa shape index (κ2) is 7.02. The van der Waals surface area contributed by atoms with E-state index in [1.807, 2.05) is 12.1 Å². The molecule has 0 radical (unpaired) electrons. The molecule has 122 valence electrons. The van der Waals surface area contributed by atoms with Crippen LogP contribution < -0.4 is 10.5 Å². The molecule has 2 heterocycles. The molecule has 6 heteroatoms. The average Bonchev–Trinajstić information content (AvgIpc) is 2.79. The van der Waals surface area contributed by atoms with Crippen molar-refractivity contribution >= 4 is 22.5 Å². The molecule has 0 atom stereocenters. The van der Waals surface area contributed by atoms with E-state index in [2.05, 4.69) is 16.0 Å². The number of hydrogen-bond acceptors (Lipinski definition) is 6. The fraction of sp³-hybridized carbons (Fsp3) is 0.353. The molecule has 5 nitrogen and oxygen atoms in total. The van der Waals surface area contributed by atoms with E-state index in [0.29, 0.717) is 10.9 Å². The number of phenolic OH excluding ortho intramolecular Hbond substituents is 1. The number of nitrogens with zero attached hydrogens (tertiary/aromatic N) is 2. The van der Waals surface area contributed by atoms with Crippen LogP contribution in [-0.4, -0.2) is 41.7 Å². The lowest BCUT2D eigenvalue weighted by Crippen LogP contribution is -2.26. The van der Waals surface area contributed by atoms with E-state index in [-0.39, 0.29) is 5.75 Å². The number of anilines is 1. The minimum absolute atomic E-state index is 0.164. The number of fused-ring (bicyclic) bond motifs is 1. The molecule has 0 saturated carbocycles. The molecule has 1 aromatic heterocycles. The Labute approximate surface area is 140 Å². The molecule has 3 rings (SSSR count). The van der Waals surface area contributed by atoms with Crippen LogP contribution in [-0.2, 0) is 12.8 Å². The second-order valence-electron chi connectivity index (χ2n) is 5.56. The number of nitrogens with two attached hydrogens (primary N) is 1. The number of aromatic hydroxyl groups is 1. The Bertz CT molecular complexity index is 686. The van der Waals surface area contributed by atoms with Gasteiger partial charge in [-0.15, -0.1) is 11.3 Å². The largest absolute Gasteiger partial charge is 0.504 e. The lowest BCUT2D eigenvalue weighted by Gasteiger charge is -2.17. The van der Waals surface area contributed by atoms with E-state index < -0.39 is 0 Å². The number of phenols is 1. The maximum atomic E-state index is 9.79. The Morgan fingerprint density at radius 1 is 1.39 bits per heavy atom. The highest BCUT2D eigenvalue weighted by Gasteiger charge is 2.16. The van der Waals surface area contributed by atoms with Crippen LogP contribution in [0.2, 0.25) is 0 Å². The third kappa shape index (κ3) is 3.83. The number of benzene rings is 1. The standard InChI is InChI=1S/C17H21N3O2S/c1-22-15-5-4-12(11-14(15)21)3-2-8-20-9-6-13-16(7-10-20)23-17(18)19-13/h2-5,11,21H,6-10H2,1H3,(H2,18,19)/b3-2+. The van der Waals surface area contributed by atoms with Gasteiger partial charge in [0.2, 0.25) is 0 Å². The SMILES string of the molecule is COc1ccc(/C=C/CN2CCc3nc(N)sc3CC2)cc1O. The maximum Gasteiger partial charge on any atom is 0.180 e. The molecule has 1 aromatic carbocycles. The summed E-state index contributed by atoms with van der Waals surface area (Å²) in [6.07, 6.45) is 6.13. The Balaban J connectivity index is 1.56. The molecule has 2 aromatic rings. The van der Waals surface area contributed by atoms with Crippen molar-refractivity contribution in [3.63, 3.8) is 0 Å². The van der Waals surface area contributed by atoms with Gasteiger partial charge < -0.3 is 15.6 Å². The van der Waals surface area contributed by atoms with E-state index in [4.69, 9.17) is 10.5 Å². The molecule has 1 aliphatic heterocycles. The fourth-order valence-electron chi connectivity index (χ4n) is 2.76. The topological polar surface area (TPSA) is 71.6 Å². The fourth-order valence-corrected chi connectivity index (χ4v) is 3.63. The van der Waals surface area contributed by atoms with Crippen LogP contribution >= 0.6 is 11.3 Å². The molecule has 0 amide bonds. The summed E-state index contributed by atoms with van der Waals surface area (Å²) >= 11 is 1.61. The molecule has 0 fully saturated rings. The minimum Gasteiger partial charge on any atom is -0.504 e. The summed E-state index contributed by atoms with van der Waals surface area (Å²) in [7, 11) is 1.55. The van der Waals surface area contributed by atoms with Crippen molar-refractivity contribution < 1.29 is 9.84 Å². The van der Waals surface area contributed by atoms with Gasteiger partial charge in [0, 0.05) is 30.9 Å². The highest BCUT2D eigenvalue weighted by molar-refractivity contribution is 7.15. The highest BCUT2D eigenvalue weighted by atomic mass is 32.1. The Morgan fingerprint density at radius 2 is 2.22 bits per heavy atom. The first-order valence-electron chi connectivity index (χ1n) is 7.65. The van der Waals surface area contributed by atoms with Crippen LogP contribution in [0.1, 0.15) is 16.1 Å². The van der Waals surface area contributed by atoms with Gasteiger partial charge >= 0.3 is 0 Å². The minimum atomic E-state index is 0.164. The molecule has 3 N–H and O–H groups in total. The van der Waals surface area contributed by atoms with Crippen molar-refractivity contribution in [1.82, 2.24) is 9.88 Å². The Kier molecular flexibility index (Phi) is 4.83. The zero-order valence-corrected chi connectivity index (χ0v) is 14.0. The van der Waals surface area contributed by atoms with Crippen LogP contribution in [0.4, 0.5) is 5.13 Å². The van der Waals surface area contributed by atoms with Crippen LogP contribution in [0.3, 0.4) is 0 Å². The summed E-state index contributed by atoms with van der Waals surface area (Å²) in [5.41, 5.74) is 7.91. The van der Waals surface area contributed by atoms with Crippen molar-refractivity contribution in [2.24, 2.45) is 0 Å². The van der Waals surface area contributed by atoms with E-state index in [0.717, 1.165) is 38.0 Å². The number of aromatic nitrogens is 1. The maximum absolute atomic E-state index is 9.79. The third-order valence-electron chi connectivity index (χ3n) is 3.99. The Morgan fingerprint density at radius 3 is 3.00 bits per heavy atom. The second-order valence-corrected chi connectivity index (χ2v) is 6.67. The van der Waals surface area contributed by atoms with Gasteiger partial charge in [-0.25, -0.2) is 4.98 Å². The van der Waals surface area contributed by atoms with Crippen molar-refractivity contribution in [1.29, 1.82) is 0 Å². The molecular formula is C17H21N3O2S. The average molecular weight is 331 g/mol. The van der Waals surface area contributed by atoms with Gasteiger partial charge in [-0.1, -0.05) is 18.2 Å². The molecule has 23 heavy (non-hydrogen) atoms. The predicted octanol–water partition coefficient (Wildman–Crippen LogP) is 2.55. The number of methoxy groups -OCH3 is 1. The molecule has 0 unspecified atom stereocenters. The van der Waals surface area contributed by atoms with Gasteiger partial charge in [-0.05, 0) is 24.1 Å². The first-order chi connectivity index (χ1) is 11.2. The number of hydrogen-bond donors (Lipinski definition) is 2. The van der Waals surface area contributed by atoms with Crippen molar-refractivity contribution in [2.45, 2.75) is 12.8 Å². The number of nitrogen functional groups attached to an aromatic ring is 1. The summed E-state index contributed by atoms with van der Waals surface area (Å²) in [6.45, 7) is 2.90. The number of ether oxygens (including phenoxy) is 1. The molecule has 0 aliphatic carbocycles. The first kappa shape index (κ1) is 15.8. The smallest absolute Gasteiger partial charge is 0.180 e. The number of rotatable bonds is 4. The van der Waals surface area contributed by atoms with E-state index in [1.54, 1.807) is 30.6 Å². The van der Waals surface area contributed by atoms with E-state index in [1.165, 1.54) is 10.6 Å². The summed E-state index contributed by atoms with van der Waals surface area (Å²) in [4.78, 5) is 8.15. The normalized spacial score (nSPS) is 15.5. The predicted molar refractivity (Wildman–Crippen MR) is 94.1 cm³/mol. The van der Waals surface area contributed by atoms with Gasteiger partial charge in [0.25, 0.3) is 0 Å². The monoisotopic (exact) mass is 331 g/mol. The van der Waals surface area contributed by atoms with Crippen molar-refractivity contribution in [3.8, 4) is 11.5 Å². The molecule has 1 aliphatic rings. The van der Waals surface area contributed by atoms with Crippen LogP contribution in [0.15, 0.2) is 24.3 Å². The summed E-state index contributed by atoms with van der Waals surface area (Å²) in [5.74, 6) is 0.658. The molecule has 0 bridgehead atoms. The lowest BCUT2D eigenvalue weighted by atomic mass is 10.2. The first-order valence-corrected chi connectivity index (χ1v) is 8.47. The van der Waals surface area contributed by atoms with E-state index in [9.17, 15) is 5.11 Å². The van der Waals surface area contributed by atoms with Gasteiger partial charge in [-0.3, -0.25) is 4.90 Å². The van der Waals surface area contributed by atoms with Crippen molar-refractivity contribution in [2.75, 3.05) is 32.5 Å². The van der Waals surface area contributed by atoms with E-state index >= 15 is 0 Å². The summed E-state index contributed by atoms with van der Waals surface area (Å²) < 4.78 is 5.05. The summed E-state index contributed by atoms with van der Waals surface area (Å²) in [6, 6.07) is 5.42. The van der Waals surface area contributed by atoms with Gasteiger partial charge in [0.15, 0.2) is 16.6 Å². The van der Waals surface area contributed by atoms with Gasteiger partial charge in [-0.2, -0.15) is 0 Å². The Hall–Kier alpha value is -2.05. The summed E-state index contributed by atoms with van der Waals surface area (Å²) in [5, 5.41) is 10.5. The zero-order chi connectivity index (χ0) is 16.2. The van der Waals surface area contributed by atoms with Crippen LogP contribution in [0.25, 0.3) is 6.08 Å². The molecule has 0 saturated heterocycles. The molecule has 0 spiro atoms. The quantitative estimate of drug-likeness (QED) is 0.901. The van der Waals surface area contributed by atoms with Crippen molar-refractivity contribution in [3.05, 3.63) is 40.4 Å². The van der Waals surface area contributed by atoms with Gasteiger partial charge in [0.1, 0.15) is 0 Å². The lowest BCUT2D eigenvalue weighted by molar-refractivity contribution is 0.318. The van der Waals surface area contributed by atoms with Crippen LogP contribution in [0, 0.1) is 0 Å². The number of thiazole rings is 1. The molecular weight excluding hydrogens is 310 g/mol. The zero-order valence-electron chi connectivity index (χ0n) is 13.2. The third-order valence-corrected chi connectivity index (χ3v) is 4.98.